The number of aliphatic carboxylic acids is 2. The molecule has 3 N–H and O–H groups in total. The van der Waals surface area contributed by atoms with Crippen molar-refractivity contribution in [1.29, 1.82) is 0 Å². The molecule has 138 valence electrons. The van der Waals surface area contributed by atoms with Gasteiger partial charge < -0.3 is 20.4 Å². The first-order valence-electron chi connectivity index (χ1n) is 7.96. The van der Waals surface area contributed by atoms with Gasteiger partial charge in [0.2, 0.25) is 11.8 Å². The van der Waals surface area contributed by atoms with Crippen LogP contribution in [0.4, 0.5) is 0 Å². The highest BCUT2D eigenvalue weighted by Gasteiger charge is 2.64. The van der Waals surface area contributed by atoms with Gasteiger partial charge >= 0.3 is 11.9 Å². The molecule has 2 amide bonds. The number of rotatable bonds is 5. The predicted molar refractivity (Wildman–Crippen MR) is 92.5 cm³/mol. The van der Waals surface area contributed by atoms with Crippen molar-refractivity contribution in [2.75, 3.05) is 0 Å². The van der Waals surface area contributed by atoms with Crippen molar-refractivity contribution in [1.82, 2.24) is 10.2 Å². The van der Waals surface area contributed by atoms with Crippen LogP contribution in [0.25, 0.3) is 0 Å². The van der Waals surface area contributed by atoms with Crippen LogP contribution in [-0.4, -0.2) is 61.1 Å². The molecule has 2 aliphatic rings. The Balaban J connectivity index is 1.78. The van der Waals surface area contributed by atoms with E-state index in [9.17, 15) is 29.4 Å². The van der Waals surface area contributed by atoms with Crippen molar-refractivity contribution in [3.8, 4) is 0 Å². The smallest absolute Gasteiger partial charge is 0.327 e. The Kier molecular flexibility index (Phi) is 4.43. The highest BCUT2D eigenvalue weighted by molar-refractivity contribution is 8.01. The molecule has 0 bridgehead atoms. The van der Waals surface area contributed by atoms with Crippen molar-refractivity contribution in [3.63, 3.8) is 0 Å². The summed E-state index contributed by atoms with van der Waals surface area (Å²) in [6.45, 7) is 3.45. The van der Waals surface area contributed by atoms with Gasteiger partial charge in [0.05, 0.1) is 0 Å². The molecule has 2 heterocycles. The van der Waals surface area contributed by atoms with Crippen molar-refractivity contribution >= 4 is 35.5 Å². The largest absolute Gasteiger partial charge is 0.480 e. The van der Waals surface area contributed by atoms with Crippen LogP contribution in [0.2, 0.25) is 0 Å². The molecule has 0 unspecified atom stereocenters. The van der Waals surface area contributed by atoms with Crippen LogP contribution < -0.4 is 5.32 Å². The van der Waals surface area contributed by atoms with Crippen LogP contribution in [-0.2, 0) is 19.2 Å². The number of β-lactam (4-membered cyclic amide) rings is 1. The maximum Gasteiger partial charge on any atom is 0.327 e. The number of carbonyl (C=O) groups excluding carboxylic acids is 2. The highest BCUT2D eigenvalue weighted by atomic mass is 32.2. The van der Waals surface area contributed by atoms with Gasteiger partial charge in [0.25, 0.3) is 0 Å². The Bertz CT molecular complexity index is 781. The lowest BCUT2D eigenvalue weighted by Crippen LogP contribution is -2.71. The van der Waals surface area contributed by atoms with Crippen molar-refractivity contribution in [3.05, 3.63) is 35.9 Å². The molecule has 0 spiro atoms. The molecule has 8 nitrogen and oxygen atoms in total. The number of carbonyl (C=O) groups is 4. The van der Waals surface area contributed by atoms with E-state index in [0.717, 1.165) is 0 Å². The second-order valence-electron chi connectivity index (χ2n) is 6.77. The monoisotopic (exact) mass is 378 g/mol. The molecule has 9 heteroatoms. The van der Waals surface area contributed by atoms with Gasteiger partial charge in [0, 0.05) is 4.75 Å². The van der Waals surface area contributed by atoms with Crippen LogP contribution in [0.5, 0.6) is 0 Å². The number of hydrogen-bond acceptors (Lipinski definition) is 5. The minimum atomic E-state index is -1.44. The third-order valence-corrected chi connectivity index (χ3v) is 6.19. The zero-order valence-corrected chi connectivity index (χ0v) is 14.9. The molecule has 2 fully saturated rings. The summed E-state index contributed by atoms with van der Waals surface area (Å²) in [6, 6.07) is 6.10. The molecule has 4 atom stereocenters. The molecule has 1 aromatic carbocycles. The van der Waals surface area contributed by atoms with E-state index in [4.69, 9.17) is 0 Å². The van der Waals surface area contributed by atoms with Crippen molar-refractivity contribution in [2.45, 2.75) is 42.0 Å². The topological polar surface area (TPSA) is 124 Å². The quantitative estimate of drug-likeness (QED) is 0.503. The summed E-state index contributed by atoms with van der Waals surface area (Å²) in [5, 5.41) is 20.8. The number of carboxylic acids is 2. The lowest BCUT2D eigenvalue weighted by Gasteiger charge is -2.43. The van der Waals surface area contributed by atoms with E-state index >= 15 is 0 Å². The Labute approximate surface area is 153 Å². The molecule has 0 aromatic heterocycles. The summed E-state index contributed by atoms with van der Waals surface area (Å²) in [7, 11) is 0. The van der Waals surface area contributed by atoms with E-state index in [1.165, 1.54) is 28.8 Å². The van der Waals surface area contributed by atoms with Gasteiger partial charge in [-0.3, -0.25) is 14.4 Å². The second-order valence-corrected chi connectivity index (χ2v) is 8.54. The first-order valence-corrected chi connectivity index (χ1v) is 8.84. The fourth-order valence-corrected chi connectivity index (χ4v) is 5.06. The van der Waals surface area contributed by atoms with E-state index in [2.05, 4.69) is 5.32 Å². The van der Waals surface area contributed by atoms with Gasteiger partial charge in [-0.25, -0.2) is 4.79 Å². The molecule has 2 saturated heterocycles. The molecular weight excluding hydrogens is 360 g/mol. The number of amides is 2. The molecular formula is C17H18N2O6S. The Morgan fingerprint density at radius 1 is 1.19 bits per heavy atom. The Hall–Kier alpha value is -2.55. The first kappa shape index (κ1) is 18.2. The lowest BCUT2D eigenvalue weighted by atomic mass is 9.94. The summed E-state index contributed by atoms with van der Waals surface area (Å²) in [6.07, 6.45) is 0. The van der Waals surface area contributed by atoms with E-state index in [1.54, 1.807) is 32.0 Å². The van der Waals surface area contributed by atoms with Crippen LogP contribution in [0, 0.1) is 0 Å². The van der Waals surface area contributed by atoms with Crippen molar-refractivity contribution < 1.29 is 29.4 Å². The van der Waals surface area contributed by atoms with Gasteiger partial charge in [-0.2, -0.15) is 0 Å². The van der Waals surface area contributed by atoms with Crippen molar-refractivity contribution in [2.24, 2.45) is 0 Å². The number of hydrogen-bond donors (Lipinski definition) is 3. The summed E-state index contributed by atoms with van der Waals surface area (Å²) < 4.78 is -0.711. The second kappa shape index (κ2) is 6.31. The number of thioether (sulfide) groups is 1. The van der Waals surface area contributed by atoms with E-state index < -0.39 is 51.9 Å². The molecule has 0 aliphatic carbocycles. The molecule has 0 radical (unpaired) electrons. The summed E-state index contributed by atoms with van der Waals surface area (Å²) in [4.78, 5) is 49.2. The van der Waals surface area contributed by atoms with E-state index in [0.29, 0.717) is 5.56 Å². The van der Waals surface area contributed by atoms with Gasteiger partial charge in [0.15, 0.2) is 5.92 Å². The molecule has 1 aromatic rings. The maximum atomic E-state index is 12.5. The number of nitrogens with zero attached hydrogens (tertiary/aromatic N) is 1. The normalized spacial score (nSPS) is 27.2. The summed E-state index contributed by atoms with van der Waals surface area (Å²) >= 11 is 1.29. The van der Waals surface area contributed by atoms with Gasteiger partial charge in [0.1, 0.15) is 17.5 Å². The highest BCUT2D eigenvalue weighted by Crippen LogP contribution is 2.50. The summed E-state index contributed by atoms with van der Waals surface area (Å²) in [5.74, 6) is -5.16. The zero-order valence-electron chi connectivity index (χ0n) is 14.1. The SMILES string of the molecule is CC1(C)S[C@@H]2[C@H](NC(=O)[C@H](C(=O)O)c3ccccc3)C(=O)N2[C@@H]1C(=O)O. The third kappa shape index (κ3) is 2.82. The number of fused-ring (bicyclic) bond motifs is 1. The first-order chi connectivity index (χ1) is 12.1. The fourth-order valence-electron chi connectivity index (χ4n) is 3.43. The van der Waals surface area contributed by atoms with E-state index in [1.807, 2.05) is 0 Å². The zero-order chi connectivity index (χ0) is 19.2. The number of carboxylic acid groups (broad SMARTS) is 2. The summed E-state index contributed by atoms with van der Waals surface area (Å²) in [5.41, 5.74) is 0.309. The fraction of sp³-hybridized carbons (Fsp3) is 0.412. The standard InChI is InChI=1S/C17H18N2O6S/c1-17(2)11(16(24)25)19-13(21)10(14(19)26-17)18-12(20)9(15(22)23)8-6-4-3-5-7-8/h3-7,9-11,14H,1-2H3,(H,18,20)(H,22,23)(H,24,25)/t9-,10-,11-,14-/m1/s1. The Morgan fingerprint density at radius 3 is 2.35 bits per heavy atom. The molecule has 2 aliphatic heterocycles. The van der Waals surface area contributed by atoms with Gasteiger partial charge in [-0.05, 0) is 19.4 Å². The number of benzene rings is 1. The molecule has 0 saturated carbocycles. The van der Waals surface area contributed by atoms with Gasteiger partial charge in [-0.1, -0.05) is 30.3 Å². The average molecular weight is 378 g/mol. The van der Waals surface area contributed by atoms with Crippen LogP contribution in [0.3, 0.4) is 0 Å². The van der Waals surface area contributed by atoms with Crippen LogP contribution in [0.15, 0.2) is 30.3 Å². The number of nitrogens with one attached hydrogen (secondary N) is 1. The van der Waals surface area contributed by atoms with E-state index in [-0.39, 0.29) is 0 Å². The Morgan fingerprint density at radius 2 is 1.81 bits per heavy atom. The minimum Gasteiger partial charge on any atom is -0.480 e. The minimum absolute atomic E-state index is 0.309. The maximum absolute atomic E-state index is 12.5. The predicted octanol–water partition coefficient (Wildman–Crippen LogP) is 0.486. The van der Waals surface area contributed by atoms with Gasteiger partial charge in [-0.15, -0.1) is 11.8 Å². The third-order valence-electron chi connectivity index (χ3n) is 4.61. The van der Waals surface area contributed by atoms with Crippen LogP contribution in [0.1, 0.15) is 25.3 Å². The average Bonchev–Trinajstić information content (AvgIpc) is 2.82. The lowest BCUT2D eigenvalue weighted by molar-refractivity contribution is -0.161. The molecule has 3 rings (SSSR count). The molecule has 26 heavy (non-hydrogen) atoms. The van der Waals surface area contributed by atoms with Crippen LogP contribution >= 0.6 is 11.8 Å².